The van der Waals surface area contributed by atoms with Crippen molar-refractivity contribution in [2.45, 2.75) is 44.8 Å². The van der Waals surface area contributed by atoms with Crippen LogP contribution in [0.2, 0.25) is 0 Å². The number of likely N-dealkylation sites (tertiary alicyclic amines) is 1. The number of hydrogen-bond donors (Lipinski definition) is 1. The first-order valence-electron chi connectivity index (χ1n) is 5.54. The van der Waals surface area contributed by atoms with Gasteiger partial charge in [-0.05, 0) is 46.7 Å². The van der Waals surface area contributed by atoms with Gasteiger partial charge in [-0.15, -0.1) is 0 Å². The summed E-state index contributed by atoms with van der Waals surface area (Å²) in [5.41, 5.74) is -0.588. The van der Waals surface area contributed by atoms with Crippen LogP contribution in [0.5, 0.6) is 0 Å². The Bertz CT molecular complexity index is 173. The van der Waals surface area contributed by atoms with Crippen LogP contribution in [-0.4, -0.2) is 48.5 Å². The SMILES string of the molecule is CC(C)OCC1(O)CCCN(C)CC1. The molecule has 1 fully saturated rings. The van der Waals surface area contributed by atoms with Gasteiger partial charge in [0.1, 0.15) is 0 Å². The fourth-order valence-electron chi connectivity index (χ4n) is 1.78. The van der Waals surface area contributed by atoms with E-state index < -0.39 is 5.60 Å². The molecule has 0 bridgehead atoms. The highest BCUT2D eigenvalue weighted by molar-refractivity contribution is 4.82. The summed E-state index contributed by atoms with van der Waals surface area (Å²) >= 11 is 0. The molecule has 1 rings (SSSR count). The summed E-state index contributed by atoms with van der Waals surface area (Å²) in [6, 6.07) is 0. The van der Waals surface area contributed by atoms with Gasteiger partial charge in [0.05, 0.1) is 18.3 Å². The van der Waals surface area contributed by atoms with E-state index in [1.165, 1.54) is 0 Å². The second kappa shape index (κ2) is 5.10. The zero-order valence-corrected chi connectivity index (χ0v) is 9.62. The first-order chi connectivity index (χ1) is 6.52. The quantitative estimate of drug-likeness (QED) is 0.746. The van der Waals surface area contributed by atoms with Gasteiger partial charge < -0.3 is 14.7 Å². The van der Waals surface area contributed by atoms with Crippen LogP contribution in [0.15, 0.2) is 0 Å². The van der Waals surface area contributed by atoms with E-state index in [1.807, 2.05) is 13.8 Å². The molecule has 1 aliphatic rings. The molecular formula is C11H23NO2. The summed E-state index contributed by atoms with van der Waals surface area (Å²) in [7, 11) is 2.11. The third-order valence-corrected chi connectivity index (χ3v) is 2.83. The van der Waals surface area contributed by atoms with Gasteiger partial charge in [0.25, 0.3) is 0 Å². The minimum atomic E-state index is -0.588. The van der Waals surface area contributed by atoms with Crippen molar-refractivity contribution in [2.24, 2.45) is 0 Å². The van der Waals surface area contributed by atoms with Crippen LogP contribution in [0.4, 0.5) is 0 Å². The molecule has 0 spiro atoms. The molecule has 0 radical (unpaired) electrons. The van der Waals surface area contributed by atoms with Gasteiger partial charge in [0.15, 0.2) is 0 Å². The van der Waals surface area contributed by atoms with Crippen LogP contribution in [0.25, 0.3) is 0 Å². The molecule has 0 saturated carbocycles. The van der Waals surface area contributed by atoms with Gasteiger partial charge in [-0.1, -0.05) is 0 Å². The fraction of sp³-hybridized carbons (Fsp3) is 1.00. The molecule has 3 nitrogen and oxygen atoms in total. The highest BCUT2D eigenvalue weighted by Crippen LogP contribution is 2.22. The number of rotatable bonds is 3. The van der Waals surface area contributed by atoms with Crippen LogP contribution in [0.3, 0.4) is 0 Å². The zero-order valence-electron chi connectivity index (χ0n) is 9.62. The Hall–Kier alpha value is -0.120. The molecule has 3 heteroatoms. The van der Waals surface area contributed by atoms with Crippen molar-refractivity contribution in [3.05, 3.63) is 0 Å². The molecule has 0 amide bonds. The predicted molar refractivity (Wildman–Crippen MR) is 57.4 cm³/mol. The van der Waals surface area contributed by atoms with Gasteiger partial charge in [0, 0.05) is 6.54 Å². The van der Waals surface area contributed by atoms with Gasteiger partial charge in [-0.2, -0.15) is 0 Å². The third kappa shape index (κ3) is 3.95. The maximum absolute atomic E-state index is 10.3. The molecule has 1 N–H and O–H groups in total. The summed E-state index contributed by atoms with van der Waals surface area (Å²) in [6.07, 6.45) is 2.97. The average molecular weight is 201 g/mol. The molecule has 1 saturated heterocycles. The molecule has 84 valence electrons. The van der Waals surface area contributed by atoms with Crippen LogP contribution in [0, 0.1) is 0 Å². The maximum Gasteiger partial charge on any atom is 0.0892 e. The highest BCUT2D eigenvalue weighted by Gasteiger charge is 2.29. The van der Waals surface area contributed by atoms with Crippen LogP contribution < -0.4 is 0 Å². The molecule has 0 aromatic heterocycles. The van der Waals surface area contributed by atoms with Crippen molar-refractivity contribution in [2.75, 3.05) is 26.7 Å². The number of nitrogens with zero attached hydrogens (tertiary/aromatic N) is 1. The summed E-state index contributed by atoms with van der Waals surface area (Å²) in [4.78, 5) is 2.27. The largest absolute Gasteiger partial charge is 0.387 e. The maximum atomic E-state index is 10.3. The Morgan fingerprint density at radius 2 is 2.07 bits per heavy atom. The first-order valence-corrected chi connectivity index (χ1v) is 5.54. The molecule has 1 aliphatic heterocycles. The minimum absolute atomic E-state index is 0.208. The minimum Gasteiger partial charge on any atom is -0.387 e. The van der Waals surface area contributed by atoms with Crippen molar-refractivity contribution >= 4 is 0 Å². The lowest BCUT2D eigenvalue weighted by molar-refractivity contribution is -0.0716. The van der Waals surface area contributed by atoms with Crippen LogP contribution in [0.1, 0.15) is 33.1 Å². The van der Waals surface area contributed by atoms with Crippen LogP contribution >= 0.6 is 0 Å². The van der Waals surface area contributed by atoms with Crippen molar-refractivity contribution in [1.82, 2.24) is 4.90 Å². The van der Waals surface area contributed by atoms with Gasteiger partial charge in [-0.25, -0.2) is 0 Å². The van der Waals surface area contributed by atoms with E-state index in [9.17, 15) is 5.11 Å². The van der Waals surface area contributed by atoms with Crippen molar-refractivity contribution in [3.63, 3.8) is 0 Å². The summed E-state index contributed by atoms with van der Waals surface area (Å²) in [5, 5.41) is 10.3. The molecule has 0 aliphatic carbocycles. The lowest BCUT2D eigenvalue weighted by Crippen LogP contribution is -2.36. The number of ether oxygens (including phenoxy) is 1. The summed E-state index contributed by atoms with van der Waals surface area (Å²) in [6.45, 7) is 6.55. The second-order valence-corrected chi connectivity index (χ2v) is 4.74. The van der Waals surface area contributed by atoms with Crippen molar-refractivity contribution in [3.8, 4) is 0 Å². The zero-order chi connectivity index (χ0) is 10.6. The van der Waals surface area contributed by atoms with E-state index >= 15 is 0 Å². The monoisotopic (exact) mass is 201 g/mol. The smallest absolute Gasteiger partial charge is 0.0892 e. The lowest BCUT2D eigenvalue weighted by atomic mass is 9.96. The third-order valence-electron chi connectivity index (χ3n) is 2.83. The van der Waals surface area contributed by atoms with Crippen LogP contribution in [-0.2, 0) is 4.74 Å². The standard InChI is InChI=1S/C11H23NO2/c1-10(2)14-9-11(13)5-4-7-12(3)8-6-11/h10,13H,4-9H2,1-3H3. The summed E-state index contributed by atoms with van der Waals surface area (Å²) in [5.74, 6) is 0. The van der Waals surface area contributed by atoms with Gasteiger partial charge >= 0.3 is 0 Å². The van der Waals surface area contributed by atoms with E-state index in [2.05, 4.69) is 11.9 Å². The van der Waals surface area contributed by atoms with Gasteiger partial charge in [-0.3, -0.25) is 0 Å². The molecule has 0 aromatic carbocycles. The Labute approximate surface area is 87.1 Å². The predicted octanol–water partition coefficient (Wildman–Crippen LogP) is 1.26. The molecule has 14 heavy (non-hydrogen) atoms. The van der Waals surface area contributed by atoms with Crippen molar-refractivity contribution < 1.29 is 9.84 Å². The van der Waals surface area contributed by atoms with Gasteiger partial charge in [0.2, 0.25) is 0 Å². The molecular weight excluding hydrogens is 178 g/mol. The first kappa shape index (κ1) is 12.0. The van der Waals surface area contributed by atoms with E-state index in [4.69, 9.17) is 4.74 Å². The topological polar surface area (TPSA) is 32.7 Å². The Morgan fingerprint density at radius 3 is 2.71 bits per heavy atom. The van der Waals surface area contributed by atoms with E-state index in [1.54, 1.807) is 0 Å². The molecule has 0 aromatic rings. The molecule has 1 unspecified atom stereocenters. The molecule has 1 heterocycles. The second-order valence-electron chi connectivity index (χ2n) is 4.74. The van der Waals surface area contributed by atoms with E-state index in [0.29, 0.717) is 6.61 Å². The normalized spacial score (nSPS) is 30.6. The average Bonchev–Trinajstić information content (AvgIpc) is 2.27. The number of aliphatic hydroxyl groups is 1. The Kier molecular flexibility index (Phi) is 4.35. The lowest BCUT2D eigenvalue weighted by Gasteiger charge is -2.27. The Balaban J connectivity index is 2.38. The Morgan fingerprint density at radius 1 is 1.36 bits per heavy atom. The molecule has 1 atom stereocenters. The fourth-order valence-corrected chi connectivity index (χ4v) is 1.78. The highest BCUT2D eigenvalue weighted by atomic mass is 16.5. The number of hydrogen-bond acceptors (Lipinski definition) is 3. The summed E-state index contributed by atoms with van der Waals surface area (Å²) < 4.78 is 5.51. The van der Waals surface area contributed by atoms with Crippen molar-refractivity contribution in [1.29, 1.82) is 0 Å². The van der Waals surface area contributed by atoms with E-state index in [-0.39, 0.29) is 6.10 Å². The van der Waals surface area contributed by atoms with E-state index in [0.717, 1.165) is 32.4 Å².